The first kappa shape index (κ1) is 12.0. The molecule has 3 nitrogen and oxygen atoms in total. The van der Waals surface area contributed by atoms with Gasteiger partial charge in [0.1, 0.15) is 0 Å². The molecule has 2 N–H and O–H groups in total. The van der Waals surface area contributed by atoms with E-state index in [-0.39, 0.29) is 11.8 Å². The monoisotopic (exact) mass is 227 g/mol. The second kappa shape index (κ2) is 4.66. The minimum atomic E-state index is -0.746. The van der Waals surface area contributed by atoms with Gasteiger partial charge in [-0.05, 0) is 29.3 Å². The highest BCUT2D eigenvalue weighted by atomic mass is 32.1. The predicted molar refractivity (Wildman–Crippen MR) is 63.6 cm³/mol. The molecule has 0 bridgehead atoms. The van der Waals surface area contributed by atoms with Crippen molar-refractivity contribution in [1.29, 1.82) is 0 Å². The van der Waals surface area contributed by atoms with Gasteiger partial charge in [0.05, 0.1) is 11.4 Å². The van der Waals surface area contributed by atoms with Crippen LogP contribution in [0.25, 0.3) is 0 Å². The van der Waals surface area contributed by atoms with E-state index in [1.54, 1.807) is 11.3 Å². The Morgan fingerprint density at radius 1 is 1.60 bits per heavy atom. The Morgan fingerprint density at radius 3 is 2.73 bits per heavy atom. The molecule has 0 fully saturated rings. The molecule has 0 saturated carbocycles. The van der Waals surface area contributed by atoms with E-state index < -0.39 is 5.97 Å². The molecule has 1 aromatic rings. The van der Waals surface area contributed by atoms with E-state index in [4.69, 9.17) is 5.11 Å². The van der Waals surface area contributed by atoms with Gasteiger partial charge in [-0.3, -0.25) is 4.79 Å². The minimum Gasteiger partial charge on any atom is -0.481 e. The third kappa shape index (κ3) is 3.91. The summed E-state index contributed by atoms with van der Waals surface area (Å²) in [5.74, 6) is -0.746. The predicted octanol–water partition coefficient (Wildman–Crippen LogP) is 2.97. The summed E-state index contributed by atoms with van der Waals surface area (Å²) in [6, 6.07) is 2.05. The van der Waals surface area contributed by atoms with Crippen molar-refractivity contribution >= 4 is 22.3 Å². The van der Waals surface area contributed by atoms with Crippen LogP contribution < -0.4 is 5.32 Å². The number of hydrogen-bond donors (Lipinski definition) is 2. The van der Waals surface area contributed by atoms with Gasteiger partial charge in [0, 0.05) is 6.54 Å². The Kier molecular flexibility index (Phi) is 3.74. The summed E-state index contributed by atoms with van der Waals surface area (Å²) < 4.78 is 0. The molecule has 0 aliphatic heterocycles. The number of carboxylic acids is 1. The fourth-order valence-electron chi connectivity index (χ4n) is 1.35. The summed E-state index contributed by atoms with van der Waals surface area (Å²) >= 11 is 1.65. The van der Waals surface area contributed by atoms with Crippen molar-refractivity contribution in [3.8, 4) is 0 Å². The van der Waals surface area contributed by atoms with Crippen molar-refractivity contribution in [2.45, 2.75) is 27.2 Å². The van der Waals surface area contributed by atoms with Gasteiger partial charge >= 0.3 is 5.97 Å². The van der Waals surface area contributed by atoms with Crippen LogP contribution in [0.2, 0.25) is 0 Å². The summed E-state index contributed by atoms with van der Waals surface area (Å²) in [6.07, 6.45) is 0.185. The van der Waals surface area contributed by atoms with Gasteiger partial charge in [0.25, 0.3) is 0 Å². The Labute approximate surface area is 94.1 Å². The molecule has 84 valence electrons. The molecule has 0 atom stereocenters. The maximum atomic E-state index is 10.6. The van der Waals surface area contributed by atoms with Crippen LogP contribution in [0.3, 0.4) is 0 Å². The van der Waals surface area contributed by atoms with E-state index in [2.05, 4.69) is 11.4 Å². The highest BCUT2D eigenvalue weighted by Gasteiger charge is 2.21. The Hall–Kier alpha value is -1.03. The average molecular weight is 227 g/mol. The summed E-state index contributed by atoms with van der Waals surface area (Å²) in [5.41, 5.74) is 0.994. The van der Waals surface area contributed by atoms with Crippen LogP contribution in [-0.4, -0.2) is 17.6 Å². The molecule has 0 spiro atoms. The smallest absolute Gasteiger partial charge is 0.303 e. The van der Waals surface area contributed by atoms with E-state index in [9.17, 15) is 4.79 Å². The maximum absolute atomic E-state index is 10.6. The van der Waals surface area contributed by atoms with Crippen LogP contribution in [0.4, 0.5) is 5.00 Å². The lowest BCUT2D eigenvalue weighted by Crippen LogP contribution is -2.26. The first-order valence-corrected chi connectivity index (χ1v) is 5.78. The third-order valence-electron chi connectivity index (χ3n) is 2.22. The van der Waals surface area contributed by atoms with E-state index in [1.807, 2.05) is 26.2 Å². The summed E-state index contributed by atoms with van der Waals surface area (Å²) in [7, 11) is 0. The zero-order valence-corrected chi connectivity index (χ0v) is 10.1. The maximum Gasteiger partial charge on any atom is 0.303 e. The number of carboxylic acid groups (broad SMARTS) is 1. The normalized spacial score (nSPS) is 11.4. The molecular weight excluding hydrogens is 210 g/mol. The van der Waals surface area contributed by atoms with E-state index in [1.165, 1.54) is 5.56 Å². The standard InChI is InChI=1S/C11H17NO2S/c1-8-4-5-15-10(8)12-7-11(2,3)6-9(13)14/h4-5,12H,6-7H2,1-3H3,(H,13,14). The van der Waals surface area contributed by atoms with Crippen molar-refractivity contribution in [3.05, 3.63) is 17.0 Å². The molecule has 0 unspecified atom stereocenters. The molecule has 1 aromatic heterocycles. The lowest BCUT2D eigenvalue weighted by atomic mass is 9.89. The SMILES string of the molecule is Cc1ccsc1NCC(C)(C)CC(=O)O. The van der Waals surface area contributed by atoms with Gasteiger partial charge in [-0.2, -0.15) is 0 Å². The van der Waals surface area contributed by atoms with E-state index in [0.717, 1.165) is 5.00 Å². The molecule has 0 saturated heterocycles. The molecule has 1 heterocycles. The Bertz CT molecular complexity index is 344. The second-order valence-electron chi connectivity index (χ2n) is 4.52. The zero-order chi connectivity index (χ0) is 11.5. The van der Waals surface area contributed by atoms with Crippen molar-refractivity contribution in [2.75, 3.05) is 11.9 Å². The van der Waals surface area contributed by atoms with Gasteiger partial charge in [-0.1, -0.05) is 13.8 Å². The van der Waals surface area contributed by atoms with Crippen LogP contribution in [-0.2, 0) is 4.79 Å². The van der Waals surface area contributed by atoms with Crippen LogP contribution in [0.15, 0.2) is 11.4 Å². The number of carbonyl (C=O) groups is 1. The third-order valence-corrected chi connectivity index (χ3v) is 3.19. The van der Waals surface area contributed by atoms with Crippen molar-refractivity contribution in [3.63, 3.8) is 0 Å². The number of thiophene rings is 1. The average Bonchev–Trinajstić information content (AvgIpc) is 2.45. The van der Waals surface area contributed by atoms with Gasteiger partial charge in [-0.15, -0.1) is 11.3 Å². The Balaban J connectivity index is 2.49. The lowest BCUT2D eigenvalue weighted by molar-refractivity contribution is -0.139. The molecule has 15 heavy (non-hydrogen) atoms. The van der Waals surface area contributed by atoms with Crippen LogP contribution >= 0.6 is 11.3 Å². The van der Waals surface area contributed by atoms with Gasteiger partial charge < -0.3 is 10.4 Å². The fraction of sp³-hybridized carbons (Fsp3) is 0.545. The second-order valence-corrected chi connectivity index (χ2v) is 5.44. The van der Waals surface area contributed by atoms with Crippen LogP contribution in [0, 0.1) is 12.3 Å². The minimum absolute atomic E-state index is 0.185. The number of hydrogen-bond acceptors (Lipinski definition) is 3. The number of nitrogens with one attached hydrogen (secondary N) is 1. The topological polar surface area (TPSA) is 49.3 Å². The molecule has 0 aromatic carbocycles. The van der Waals surface area contributed by atoms with Crippen molar-refractivity contribution in [1.82, 2.24) is 0 Å². The first-order valence-electron chi connectivity index (χ1n) is 4.90. The van der Waals surface area contributed by atoms with Gasteiger partial charge in [0.2, 0.25) is 0 Å². The molecule has 0 radical (unpaired) electrons. The quantitative estimate of drug-likeness (QED) is 0.813. The van der Waals surface area contributed by atoms with Crippen LogP contribution in [0.5, 0.6) is 0 Å². The fourth-order valence-corrected chi connectivity index (χ4v) is 2.16. The molecule has 0 amide bonds. The number of aliphatic carboxylic acids is 1. The Morgan fingerprint density at radius 2 is 2.27 bits per heavy atom. The number of rotatable bonds is 5. The summed E-state index contributed by atoms with van der Waals surface area (Å²) in [4.78, 5) is 10.6. The molecular formula is C11H17NO2S. The summed E-state index contributed by atoms with van der Waals surface area (Å²) in [5, 5.41) is 15.2. The molecule has 0 aliphatic carbocycles. The van der Waals surface area contributed by atoms with Crippen molar-refractivity contribution in [2.24, 2.45) is 5.41 Å². The van der Waals surface area contributed by atoms with Crippen molar-refractivity contribution < 1.29 is 9.90 Å². The lowest BCUT2D eigenvalue weighted by Gasteiger charge is -2.23. The molecule has 1 rings (SSSR count). The van der Waals surface area contributed by atoms with E-state index in [0.29, 0.717) is 6.54 Å². The largest absolute Gasteiger partial charge is 0.481 e. The number of aryl methyl sites for hydroxylation is 1. The van der Waals surface area contributed by atoms with Gasteiger partial charge in [-0.25, -0.2) is 0 Å². The summed E-state index contributed by atoms with van der Waals surface area (Å²) in [6.45, 7) is 6.64. The zero-order valence-electron chi connectivity index (χ0n) is 9.33. The highest BCUT2D eigenvalue weighted by Crippen LogP contribution is 2.26. The van der Waals surface area contributed by atoms with Gasteiger partial charge in [0.15, 0.2) is 0 Å². The first-order chi connectivity index (χ1) is 6.91. The number of anilines is 1. The highest BCUT2D eigenvalue weighted by molar-refractivity contribution is 7.14. The molecule has 4 heteroatoms. The van der Waals surface area contributed by atoms with E-state index >= 15 is 0 Å². The van der Waals surface area contributed by atoms with Crippen LogP contribution in [0.1, 0.15) is 25.8 Å². The molecule has 0 aliphatic rings.